The molecule has 2 N–H and O–H groups in total. The second-order valence-electron chi connectivity index (χ2n) is 5.28. The largest absolute Gasteiger partial charge is 0.507 e. The second kappa shape index (κ2) is 8.00. The minimum absolute atomic E-state index is 0.0601. The molecule has 0 saturated heterocycles. The van der Waals surface area contributed by atoms with Crippen molar-refractivity contribution in [3.05, 3.63) is 53.6 Å². The smallest absolute Gasteiger partial charge is 0.339 e. The molecule has 0 saturated carbocycles. The van der Waals surface area contributed by atoms with Crippen LogP contribution in [-0.2, 0) is 14.3 Å². The maximum Gasteiger partial charge on any atom is 0.339 e. The van der Waals surface area contributed by atoms with Crippen LogP contribution in [0.5, 0.6) is 11.5 Å². The van der Waals surface area contributed by atoms with E-state index in [1.54, 1.807) is 12.1 Å². The molecule has 134 valence electrons. The van der Waals surface area contributed by atoms with E-state index in [1.807, 2.05) is 6.92 Å². The highest BCUT2D eigenvalue weighted by atomic mass is 32.2. The summed E-state index contributed by atoms with van der Waals surface area (Å²) in [4.78, 5) is 10.9. The van der Waals surface area contributed by atoms with E-state index < -0.39 is 21.8 Å². The van der Waals surface area contributed by atoms with Gasteiger partial charge < -0.3 is 14.9 Å². The normalized spacial score (nSPS) is 11.2. The molecule has 0 bridgehead atoms. The predicted molar refractivity (Wildman–Crippen MR) is 89.5 cm³/mol. The summed E-state index contributed by atoms with van der Waals surface area (Å²) in [6.45, 7) is 1.94. The number of carboxylic acids is 1. The van der Waals surface area contributed by atoms with E-state index >= 15 is 0 Å². The van der Waals surface area contributed by atoms with Gasteiger partial charge in [0.1, 0.15) is 17.1 Å². The van der Waals surface area contributed by atoms with E-state index in [4.69, 9.17) is 14.0 Å². The number of aryl methyl sites for hydroxylation is 1. The second-order valence-corrected chi connectivity index (χ2v) is 6.89. The molecule has 8 heteroatoms. The first-order valence-electron chi connectivity index (χ1n) is 7.45. The van der Waals surface area contributed by atoms with E-state index in [-0.39, 0.29) is 29.4 Å². The van der Waals surface area contributed by atoms with Crippen molar-refractivity contribution < 1.29 is 32.3 Å². The first-order chi connectivity index (χ1) is 11.8. The lowest BCUT2D eigenvalue weighted by Crippen LogP contribution is -2.10. The van der Waals surface area contributed by atoms with Gasteiger partial charge in [-0.25, -0.2) is 4.79 Å². The first kappa shape index (κ1) is 18.8. The Balaban J connectivity index is 1.80. The van der Waals surface area contributed by atoms with Gasteiger partial charge in [0.25, 0.3) is 10.1 Å². The van der Waals surface area contributed by atoms with Gasteiger partial charge in [-0.15, -0.1) is 0 Å². The van der Waals surface area contributed by atoms with Crippen molar-refractivity contribution in [3.63, 3.8) is 0 Å². The molecule has 2 aromatic rings. The molecule has 0 atom stereocenters. The zero-order valence-electron chi connectivity index (χ0n) is 13.5. The Morgan fingerprint density at radius 2 is 1.76 bits per heavy atom. The fraction of sp³-hybridized carbons (Fsp3) is 0.235. The average molecular weight is 366 g/mol. The SMILES string of the molecule is Cc1ccc(S(=O)(=O)OCCCOc2ccc(C(=O)O)c(O)c2)cc1. The minimum atomic E-state index is -3.80. The summed E-state index contributed by atoms with van der Waals surface area (Å²) >= 11 is 0. The van der Waals surface area contributed by atoms with Gasteiger partial charge in [-0.1, -0.05) is 17.7 Å². The summed E-state index contributed by atoms with van der Waals surface area (Å²) < 4.78 is 34.2. The van der Waals surface area contributed by atoms with Crippen LogP contribution in [0.25, 0.3) is 0 Å². The molecule has 7 nitrogen and oxygen atoms in total. The van der Waals surface area contributed by atoms with Crippen molar-refractivity contribution in [1.82, 2.24) is 0 Å². The van der Waals surface area contributed by atoms with Gasteiger partial charge in [-0.2, -0.15) is 8.42 Å². The predicted octanol–water partition coefficient (Wildman–Crippen LogP) is 2.57. The molecule has 0 heterocycles. The van der Waals surface area contributed by atoms with Gasteiger partial charge in [0.15, 0.2) is 0 Å². The molecule has 0 aromatic heterocycles. The molecule has 0 aliphatic rings. The van der Waals surface area contributed by atoms with Crippen molar-refractivity contribution in [2.45, 2.75) is 18.2 Å². The van der Waals surface area contributed by atoms with E-state index in [2.05, 4.69) is 0 Å². The molecule has 0 amide bonds. The molecule has 25 heavy (non-hydrogen) atoms. The minimum Gasteiger partial charge on any atom is -0.507 e. The number of aromatic carboxylic acids is 1. The Kier molecular flexibility index (Phi) is 6.00. The Morgan fingerprint density at radius 3 is 2.36 bits per heavy atom. The van der Waals surface area contributed by atoms with E-state index in [0.717, 1.165) is 5.56 Å². The third kappa shape index (κ3) is 5.20. The summed E-state index contributed by atoms with van der Waals surface area (Å²) in [5.41, 5.74) is 0.726. The molecule has 0 aliphatic heterocycles. The lowest BCUT2D eigenvalue weighted by molar-refractivity contribution is 0.0693. The number of aromatic hydroxyl groups is 1. The van der Waals surface area contributed by atoms with Crippen molar-refractivity contribution >= 4 is 16.1 Å². The number of rotatable bonds is 8. The molecular formula is C17H18O7S. The molecule has 0 spiro atoms. The van der Waals surface area contributed by atoms with Crippen LogP contribution in [-0.4, -0.2) is 37.8 Å². The highest BCUT2D eigenvalue weighted by molar-refractivity contribution is 7.86. The zero-order valence-corrected chi connectivity index (χ0v) is 14.3. The summed E-state index contributed by atoms with van der Waals surface area (Å²) in [6.07, 6.45) is 0.298. The highest BCUT2D eigenvalue weighted by Gasteiger charge is 2.14. The third-order valence-electron chi connectivity index (χ3n) is 3.31. The van der Waals surface area contributed by atoms with E-state index in [9.17, 15) is 18.3 Å². The van der Waals surface area contributed by atoms with Crippen LogP contribution in [0.3, 0.4) is 0 Å². The van der Waals surface area contributed by atoms with Crippen molar-refractivity contribution in [3.8, 4) is 11.5 Å². The Hall–Kier alpha value is -2.58. The molecular weight excluding hydrogens is 348 g/mol. The fourth-order valence-corrected chi connectivity index (χ4v) is 2.92. The summed E-state index contributed by atoms with van der Waals surface area (Å²) in [5, 5.41) is 18.4. The number of phenols is 1. The third-order valence-corrected chi connectivity index (χ3v) is 4.63. The maximum atomic E-state index is 12.0. The van der Waals surface area contributed by atoms with Crippen LogP contribution >= 0.6 is 0 Å². The van der Waals surface area contributed by atoms with Gasteiger partial charge >= 0.3 is 5.97 Å². The van der Waals surface area contributed by atoms with Gasteiger partial charge in [0, 0.05) is 12.5 Å². The quantitative estimate of drug-likeness (QED) is 0.546. The van der Waals surface area contributed by atoms with Gasteiger partial charge in [-0.3, -0.25) is 4.18 Å². The van der Waals surface area contributed by atoms with Crippen molar-refractivity contribution in [1.29, 1.82) is 0 Å². The standard InChI is InChI=1S/C17H18O7S/c1-12-3-6-14(7-4-12)25(21,22)24-10-2-9-23-13-5-8-15(17(19)20)16(18)11-13/h3-8,11,18H,2,9-10H2,1H3,(H,19,20). The number of carbonyl (C=O) groups is 1. The summed E-state index contributed by atoms with van der Waals surface area (Å²) in [6, 6.07) is 10.2. The Morgan fingerprint density at radius 1 is 1.08 bits per heavy atom. The molecule has 2 aromatic carbocycles. The Bertz CT molecular complexity index is 842. The lowest BCUT2D eigenvalue weighted by atomic mass is 10.2. The molecule has 0 aliphatic carbocycles. The van der Waals surface area contributed by atoms with Crippen LogP contribution < -0.4 is 4.74 Å². The molecule has 0 radical (unpaired) electrons. The molecule has 2 rings (SSSR count). The van der Waals surface area contributed by atoms with Crippen LogP contribution in [0.2, 0.25) is 0 Å². The van der Waals surface area contributed by atoms with Crippen LogP contribution in [0.1, 0.15) is 22.3 Å². The average Bonchev–Trinajstić information content (AvgIpc) is 2.54. The van der Waals surface area contributed by atoms with E-state index in [1.165, 1.54) is 30.3 Å². The van der Waals surface area contributed by atoms with Gasteiger partial charge in [0.05, 0.1) is 18.1 Å². The van der Waals surface area contributed by atoms with Gasteiger partial charge in [0.2, 0.25) is 0 Å². The topological polar surface area (TPSA) is 110 Å². The number of hydrogen-bond acceptors (Lipinski definition) is 6. The Labute approximate surface area is 145 Å². The molecule has 0 fully saturated rings. The van der Waals surface area contributed by atoms with E-state index in [0.29, 0.717) is 6.42 Å². The van der Waals surface area contributed by atoms with Crippen molar-refractivity contribution in [2.75, 3.05) is 13.2 Å². The fourth-order valence-electron chi connectivity index (χ4n) is 1.97. The van der Waals surface area contributed by atoms with Crippen LogP contribution in [0, 0.1) is 6.92 Å². The highest BCUT2D eigenvalue weighted by Crippen LogP contribution is 2.23. The van der Waals surface area contributed by atoms with Crippen LogP contribution in [0.4, 0.5) is 0 Å². The first-order valence-corrected chi connectivity index (χ1v) is 8.85. The van der Waals surface area contributed by atoms with Gasteiger partial charge in [-0.05, 0) is 31.2 Å². The zero-order chi connectivity index (χ0) is 18.4. The number of carboxylic acid groups (broad SMARTS) is 1. The number of benzene rings is 2. The summed E-state index contributed by atoms with van der Waals surface area (Å²) in [7, 11) is -3.80. The monoisotopic (exact) mass is 366 g/mol. The molecule has 0 unspecified atom stereocenters. The lowest BCUT2D eigenvalue weighted by Gasteiger charge is -2.08. The van der Waals surface area contributed by atoms with Crippen LogP contribution in [0.15, 0.2) is 47.4 Å². The van der Waals surface area contributed by atoms with Crippen molar-refractivity contribution in [2.24, 2.45) is 0 Å². The maximum absolute atomic E-state index is 12.0. The number of ether oxygens (including phenoxy) is 1. The summed E-state index contributed by atoms with van der Waals surface area (Å²) in [5.74, 6) is -1.36. The number of hydrogen-bond donors (Lipinski definition) is 2.